The second-order valence-corrected chi connectivity index (χ2v) is 3.94. The maximum absolute atomic E-state index is 9.99. The number of pyridine rings is 1. The molecule has 0 amide bonds. The van der Waals surface area contributed by atoms with Gasteiger partial charge in [0.25, 0.3) is 0 Å². The Labute approximate surface area is 91.3 Å². The van der Waals surface area contributed by atoms with Gasteiger partial charge in [-0.15, -0.1) is 0 Å². The van der Waals surface area contributed by atoms with Gasteiger partial charge in [0, 0.05) is 11.8 Å². The van der Waals surface area contributed by atoms with Gasteiger partial charge in [0.05, 0.1) is 6.10 Å². The normalized spacial score (nSPS) is 12.7. The standard InChI is InChI=1S/C12H20N2O/c1-3-4-5-6-10(15)11-9(2)7-8-14-12(11)13/h7-8,10,15H,3-6H2,1-2H3,(H2,13,14). The summed E-state index contributed by atoms with van der Waals surface area (Å²) in [6.45, 7) is 4.10. The third-order valence-electron chi connectivity index (χ3n) is 2.65. The smallest absolute Gasteiger partial charge is 0.129 e. The van der Waals surface area contributed by atoms with Gasteiger partial charge in [0.15, 0.2) is 0 Å². The van der Waals surface area contributed by atoms with Crippen LogP contribution in [0.5, 0.6) is 0 Å². The van der Waals surface area contributed by atoms with Crippen LogP contribution in [0.1, 0.15) is 49.8 Å². The maximum Gasteiger partial charge on any atom is 0.129 e. The molecule has 0 spiro atoms. The molecule has 1 unspecified atom stereocenters. The molecule has 3 N–H and O–H groups in total. The second kappa shape index (κ2) is 5.71. The van der Waals surface area contributed by atoms with Crippen LogP contribution in [0.4, 0.5) is 5.82 Å². The monoisotopic (exact) mass is 208 g/mol. The summed E-state index contributed by atoms with van der Waals surface area (Å²) in [5.74, 6) is 0.457. The molecule has 0 saturated heterocycles. The molecule has 0 saturated carbocycles. The summed E-state index contributed by atoms with van der Waals surface area (Å²) in [5, 5.41) is 9.99. The fourth-order valence-electron chi connectivity index (χ4n) is 1.76. The Balaban J connectivity index is 2.68. The third-order valence-corrected chi connectivity index (χ3v) is 2.65. The molecule has 0 aromatic carbocycles. The molecule has 3 nitrogen and oxygen atoms in total. The van der Waals surface area contributed by atoms with Gasteiger partial charge in [-0.05, 0) is 25.0 Å². The minimum Gasteiger partial charge on any atom is -0.388 e. The Morgan fingerprint density at radius 2 is 2.20 bits per heavy atom. The van der Waals surface area contributed by atoms with Crippen LogP contribution < -0.4 is 5.73 Å². The van der Waals surface area contributed by atoms with E-state index in [0.29, 0.717) is 5.82 Å². The summed E-state index contributed by atoms with van der Waals surface area (Å²) < 4.78 is 0. The number of anilines is 1. The van der Waals surface area contributed by atoms with Crippen molar-refractivity contribution in [1.82, 2.24) is 4.98 Å². The molecule has 1 atom stereocenters. The summed E-state index contributed by atoms with van der Waals surface area (Å²) in [5.41, 5.74) is 7.57. The zero-order valence-corrected chi connectivity index (χ0v) is 9.53. The van der Waals surface area contributed by atoms with Crippen molar-refractivity contribution >= 4 is 5.82 Å². The Kier molecular flexibility index (Phi) is 4.56. The first-order valence-corrected chi connectivity index (χ1v) is 5.55. The van der Waals surface area contributed by atoms with Crippen LogP contribution in [0, 0.1) is 6.92 Å². The van der Waals surface area contributed by atoms with Crippen molar-refractivity contribution < 1.29 is 5.11 Å². The van der Waals surface area contributed by atoms with Crippen LogP contribution in [0.25, 0.3) is 0 Å². The fourth-order valence-corrected chi connectivity index (χ4v) is 1.76. The predicted octanol–water partition coefficient (Wildman–Crippen LogP) is 2.59. The van der Waals surface area contributed by atoms with Crippen molar-refractivity contribution in [2.45, 2.75) is 45.6 Å². The van der Waals surface area contributed by atoms with E-state index < -0.39 is 6.10 Å². The van der Waals surface area contributed by atoms with Crippen molar-refractivity contribution in [2.75, 3.05) is 5.73 Å². The van der Waals surface area contributed by atoms with E-state index in [1.165, 1.54) is 0 Å². The van der Waals surface area contributed by atoms with Gasteiger partial charge in [0.1, 0.15) is 5.82 Å². The number of hydrogen-bond donors (Lipinski definition) is 2. The van der Waals surface area contributed by atoms with Gasteiger partial charge in [-0.3, -0.25) is 0 Å². The number of aromatic nitrogens is 1. The molecule has 0 aliphatic heterocycles. The van der Waals surface area contributed by atoms with Crippen LogP contribution >= 0.6 is 0 Å². The molecule has 0 bridgehead atoms. The van der Waals surface area contributed by atoms with Gasteiger partial charge in [0.2, 0.25) is 0 Å². The van der Waals surface area contributed by atoms with E-state index in [0.717, 1.165) is 36.8 Å². The van der Waals surface area contributed by atoms with Gasteiger partial charge in [-0.2, -0.15) is 0 Å². The van der Waals surface area contributed by atoms with Crippen molar-refractivity contribution in [3.63, 3.8) is 0 Å². The Hall–Kier alpha value is -1.09. The first-order chi connectivity index (χ1) is 7.16. The lowest BCUT2D eigenvalue weighted by Gasteiger charge is -2.14. The number of rotatable bonds is 5. The van der Waals surface area contributed by atoms with Crippen LogP contribution in [-0.2, 0) is 0 Å². The molecule has 0 aliphatic rings. The van der Waals surface area contributed by atoms with Gasteiger partial charge in [-0.1, -0.05) is 26.2 Å². The number of aliphatic hydroxyl groups excluding tert-OH is 1. The number of nitrogen functional groups attached to an aromatic ring is 1. The quantitative estimate of drug-likeness (QED) is 0.731. The Bertz CT molecular complexity index is 292. The van der Waals surface area contributed by atoms with Crippen LogP contribution in [0.15, 0.2) is 12.3 Å². The number of hydrogen-bond acceptors (Lipinski definition) is 3. The first-order valence-electron chi connectivity index (χ1n) is 5.55. The van der Waals surface area contributed by atoms with E-state index in [1.54, 1.807) is 6.20 Å². The fraction of sp³-hybridized carbons (Fsp3) is 0.583. The molecular weight excluding hydrogens is 188 g/mol. The molecule has 0 aliphatic carbocycles. The summed E-state index contributed by atoms with van der Waals surface area (Å²) in [6, 6.07) is 1.88. The maximum atomic E-state index is 9.99. The average molecular weight is 208 g/mol. The molecule has 1 rings (SSSR count). The number of aliphatic hydroxyl groups is 1. The van der Waals surface area contributed by atoms with Crippen molar-refractivity contribution in [3.05, 3.63) is 23.4 Å². The summed E-state index contributed by atoms with van der Waals surface area (Å²) >= 11 is 0. The zero-order chi connectivity index (χ0) is 11.3. The topological polar surface area (TPSA) is 59.1 Å². The highest BCUT2D eigenvalue weighted by Gasteiger charge is 2.13. The molecule has 1 heterocycles. The van der Waals surface area contributed by atoms with Crippen LogP contribution in [-0.4, -0.2) is 10.1 Å². The minimum absolute atomic E-state index is 0.457. The molecule has 15 heavy (non-hydrogen) atoms. The van der Waals surface area contributed by atoms with Crippen molar-refractivity contribution in [3.8, 4) is 0 Å². The highest BCUT2D eigenvalue weighted by Crippen LogP contribution is 2.26. The van der Waals surface area contributed by atoms with E-state index in [-0.39, 0.29) is 0 Å². The molecule has 1 aromatic heterocycles. The molecule has 84 valence electrons. The molecule has 0 radical (unpaired) electrons. The second-order valence-electron chi connectivity index (χ2n) is 3.94. The lowest BCUT2D eigenvalue weighted by molar-refractivity contribution is 0.163. The summed E-state index contributed by atoms with van der Waals surface area (Å²) in [4.78, 5) is 4.01. The van der Waals surface area contributed by atoms with Crippen molar-refractivity contribution in [2.24, 2.45) is 0 Å². The first kappa shape index (κ1) is 12.0. The largest absolute Gasteiger partial charge is 0.388 e. The highest BCUT2D eigenvalue weighted by atomic mass is 16.3. The van der Waals surface area contributed by atoms with E-state index in [1.807, 2.05) is 13.0 Å². The number of aryl methyl sites for hydroxylation is 1. The Morgan fingerprint density at radius 3 is 2.80 bits per heavy atom. The van der Waals surface area contributed by atoms with Gasteiger partial charge in [-0.25, -0.2) is 4.98 Å². The lowest BCUT2D eigenvalue weighted by Crippen LogP contribution is -2.06. The molecular formula is C12H20N2O. The summed E-state index contributed by atoms with van der Waals surface area (Å²) in [7, 11) is 0. The van der Waals surface area contributed by atoms with Crippen LogP contribution in [0.3, 0.4) is 0 Å². The van der Waals surface area contributed by atoms with E-state index in [2.05, 4.69) is 11.9 Å². The number of nitrogens with two attached hydrogens (primary N) is 1. The number of nitrogens with zero attached hydrogens (tertiary/aromatic N) is 1. The predicted molar refractivity (Wildman–Crippen MR) is 62.5 cm³/mol. The van der Waals surface area contributed by atoms with E-state index in [4.69, 9.17) is 5.73 Å². The molecule has 1 aromatic rings. The SMILES string of the molecule is CCCCCC(O)c1c(C)ccnc1N. The molecule has 3 heteroatoms. The minimum atomic E-state index is -0.467. The number of unbranched alkanes of at least 4 members (excludes halogenated alkanes) is 2. The van der Waals surface area contributed by atoms with Gasteiger partial charge >= 0.3 is 0 Å². The van der Waals surface area contributed by atoms with E-state index in [9.17, 15) is 5.11 Å². The van der Waals surface area contributed by atoms with Crippen LogP contribution in [0.2, 0.25) is 0 Å². The zero-order valence-electron chi connectivity index (χ0n) is 9.53. The highest BCUT2D eigenvalue weighted by molar-refractivity contribution is 5.45. The summed E-state index contributed by atoms with van der Waals surface area (Å²) in [6.07, 6.45) is 5.32. The van der Waals surface area contributed by atoms with Crippen molar-refractivity contribution in [1.29, 1.82) is 0 Å². The lowest BCUT2D eigenvalue weighted by atomic mass is 10.00. The molecule has 0 fully saturated rings. The average Bonchev–Trinajstić information content (AvgIpc) is 2.18. The Morgan fingerprint density at radius 1 is 1.47 bits per heavy atom. The van der Waals surface area contributed by atoms with E-state index >= 15 is 0 Å². The third kappa shape index (κ3) is 3.20. The van der Waals surface area contributed by atoms with Gasteiger partial charge < -0.3 is 10.8 Å².